The average molecular weight is 521 g/mol. The standard InChI is InChI=1S/C31H36N8/c32-30-35-31(34-25-16-15-20-10-6-14-27(22-8-1-2-9-22)33-19-24(20)17-25)38-39(30)28-18-23-12-5-11-21-7-3-4-13-26(21)29(23)37-36-28/h3-4,7,13,15-18,22,27,33H,1-2,5-6,8-12,14,19H2,(H3,32,34,35,38). The van der Waals surface area contributed by atoms with Crippen molar-refractivity contribution in [3.05, 3.63) is 70.8 Å². The van der Waals surface area contributed by atoms with Gasteiger partial charge in [0.15, 0.2) is 5.82 Å². The highest BCUT2D eigenvalue weighted by Gasteiger charge is 2.26. The Morgan fingerprint density at radius 2 is 1.67 bits per heavy atom. The Morgan fingerprint density at radius 3 is 2.59 bits per heavy atom. The number of nitrogens with zero attached hydrogens (tertiary/aromatic N) is 5. The van der Waals surface area contributed by atoms with Gasteiger partial charge in [-0.1, -0.05) is 43.2 Å². The normalized spacial score (nSPS) is 19.3. The number of hydrogen-bond donors (Lipinski definition) is 3. The number of aryl methyl sites for hydroxylation is 3. The Hall–Kier alpha value is -3.78. The van der Waals surface area contributed by atoms with E-state index >= 15 is 0 Å². The predicted molar refractivity (Wildman–Crippen MR) is 154 cm³/mol. The summed E-state index contributed by atoms with van der Waals surface area (Å²) in [4.78, 5) is 4.49. The summed E-state index contributed by atoms with van der Waals surface area (Å²) in [5.41, 5.74) is 14.7. The molecule has 1 aliphatic heterocycles. The molecule has 7 rings (SSSR count). The molecule has 0 bridgehead atoms. The highest BCUT2D eigenvalue weighted by atomic mass is 15.4. The Labute approximate surface area is 229 Å². The molecule has 2 aliphatic carbocycles. The van der Waals surface area contributed by atoms with E-state index in [0.29, 0.717) is 17.8 Å². The Bertz CT molecular complexity index is 1490. The third-order valence-corrected chi connectivity index (χ3v) is 8.82. The topological polar surface area (TPSA) is 107 Å². The fraction of sp³-hybridized carbons (Fsp3) is 0.419. The van der Waals surface area contributed by atoms with Crippen LogP contribution in [0.1, 0.15) is 67.2 Å². The van der Waals surface area contributed by atoms with Gasteiger partial charge in [-0.2, -0.15) is 9.67 Å². The molecule has 200 valence electrons. The van der Waals surface area contributed by atoms with E-state index in [1.807, 2.05) is 0 Å². The van der Waals surface area contributed by atoms with Gasteiger partial charge < -0.3 is 16.4 Å². The minimum Gasteiger partial charge on any atom is -0.368 e. The fourth-order valence-corrected chi connectivity index (χ4v) is 6.78. The number of nitrogens with two attached hydrogens (primary N) is 1. The third-order valence-electron chi connectivity index (χ3n) is 8.82. The van der Waals surface area contributed by atoms with E-state index in [2.05, 4.69) is 79.4 Å². The Kier molecular flexibility index (Phi) is 6.48. The SMILES string of the molecule is Nc1nc(Nc2ccc3c(c2)CNC(C2CCCC2)CCC3)nn1-c1cc2c(nn1)-c1ccccc1CCC2. The maximum Gasteiger partial charge on any atom is 0.248 e. The number of nitrogen functional groups attached to an aromatic ring is 1. The van der Waals surface area contributed by atoms with Crippen molar-refractivity contribution >= 4 is 17.6 Å². The molecule has 4 aromatic rings. The first kappa shape index (κ1) is 24.3. The third kappa shape index (κ3) is 4.89. The molecule has 0 amide bonds. The molecule has 0 radical (unpaired) electrons. The van der Waals surface area contributed by atoms with Crippen LogP contribution in [0.5, 0.6) is 0 Å². The first-order chi connectivity index (χ1) is 19.2. The zero-order valence-electron chi connectivity index (χ0n) is 22.4. The van der Waals surface area contributed by atoms with Crippen LogP contribution in [0.25, 0.3) is 17.1 Å². The predicted octanol–water partition coefficient (Wildman–Crippen LogP) is 5.52. The molecule has 3 aliphatic rings. The van der Waals surface area contributed by atoms with Crippen molar-refractivity contribution in [1.82, 2.24) is 30.3 Å². The molecule has 2 aromatic carbocycles. The molecule has 4 N–H and O–H groups in total. The fourth-order valence-electron chi connectivity index (χ4n) is 6.78. The highest BCUT2D eigenvalue weighted by molar-refractivity contribution is 5.68. The van der Waals surface area contributed by atoms with E-state index < -0.39 is 0 Å². The van der Waals surface area contributed by atoms with Crippen LogP contribution < -0.4 is 16.4 Å². The summed E-state index contributed by atoms with van der Waals surface area (Å²) < 4.78 is 1.58. The molecule has 1 saturated carbocycles. The Balaban J connectivity index is 1.11. The molecule has 1 atom stereocenters. The van der Waals surface area contributed by atoms with E-state index in [0.717, 1.165) is 49.5 Å². The molecule has 3 heterocycles. The minimum atomic E-state index is 0.285. The van der Waals surface area contributed by atoms with Crippen molar-refractivity contribution in [2.75, 3.05) is 11.1 Å². The van der Waals surface area contributed by atoms with E-state index in [1.54, 1.807) is 4.68 Å². The highest BCUT2D eigenvalue weighted by Crippen LogP contribution is 2.33. The number of benzene rings is 2. The van der Waals surface area contributed by atoms with Crippen LogP contribution in [0.3, 0.4) is 0 Å². The van der Waals surface area contributed by atoms with Crippen molar-refractivity contribution in [2.24, 2.45) is 5.92 Å². The largest absolute Gasteiger partial charge is 0.368 e. The van der Waals surface area contributed by atoms with Crippen molar-refractivity contribution < 1.29 is 0 Å². The van der Waals surface area contributed by atoms with Crippen LogP contribution in [0, 0.1) is 5.92 Å². The zero-order chi connectivity index (χ0) is 26.2. The summed E-state index contributed by atoms with van der Waals surface area (Å²) in [6, 6.07) is 17.7. The molecular weight excluding hydrogens is 484 g/mol. The summed E-state index contributed by atoms with van der Waals surface area (Å²) >= 11 is 0. The second-order valence-corrected chi connectivity index (χ2v) is 11.3. The lowest BCUT2D eigenvalue weighted by Crippen LogP contribution is -2.36. The van der Waals surface area contributed by atoms with Gasteiger partial charge in [0.1, 0.15) is 0 Å². The number of hydrogen-bond acceptors (Lipinski definition) is 7. The number of anilines is 3. The second-order valence-electron chi connectivity index (χ2n) is 11.3. The van der Waals surface area contributed by atoms with Gasteiger partial charge in [-0.05, 0) is 97.7 Å². The van der Waals surface area contributed by atoms with Crippen molar-refractivity contribution in [1.29, 1.82) is 0 Å². The molecule has 1 unspecified atom stereocenters. The molecule has 0 saturated heterocycles. The van der Waals surface area contributed by atoms with Gasteiger partial charge in [0, 0.05) is 23.8 Å². The number of nitrogens with one attached hydrogen (secondary N) is 2. The summed E-state index contributed by atoms with van der Waals surface area (Å²) in [6.45, 7) is 0.907. The van der Waals surface area contributed by atoms with Gasteiger partial charge in [0.05, 0.1) is 5.69 Å². The lowest BCUT2D eigenvalue weighted by molar-refractivity contribution is 0.327. The first-order valence-corrected chi connectivity index (χ1v) is 14.5. The number of aromatic nitrogens is 5. The maximum absolute atomic E-state index is 6.31. The number of fused-ring (bicyclic) bond motifs is 4. The smallest absolute Gasteiger partial charge is 0.248 e. The van der Waals surface area contributed by atoms with Gasteiger partial charge >= 0.3 is 0 Å². The quantitative estimate of drug-likeness (QED) is 0.325. The minimum absolute atomic E-state index is 0.285. The molecule has 8 heteroatoms. The van der Waals surface area contributed by atoms with Crippen LogP contribution in [0.15, 0.2) is 48.5 Å². The van der Waals surface area contributed by atoms with Crippen LogP contribution in [-0.2, 0) is 25.8 Å². The van der Waals surface area contributed by atoms with Crippen LogP contribution in [-0.4, -0.2) is 31.0 Å². The summed E-state index contributed by atoms with van der Waals surface area (Å²) in [5.74, 6) is 2.17. The van der Waals surface area contributed by atoms with E-state index in [-0.39, 0.29) is 5.95 Å². The lowest BCUT2D eigenvalue weighted by Gasteiger charge is -2.28. The summed E-state index contributed by atoms with van der Waals surface area (Å²) in [6.07, 6.45) is 12.3. The van der Waals surface area contributed by atoms with Crippen LogP contribution >= 0.6 is 0 Å². The van der Waals surface area contributed by atoms with E-state index in [9.17, 15) is 0 Å². The molecule has 8 nitrogen and oxygen atoms in total. The first-order valence-electron chi connectivity index (χ1n) is 14.5. The monoisotopic (exact) mass is 520 g/mol. The maximum atomic E-state index is 6.31. The second kappa shape index (κ2) is 10.4. The summed E-state index contributed by atoms with van der Waals surface area (Å²) in [7, 11) is 0. The van der Waals surface area contributed by atoms with Crippen molar-refractivity contribution in [3.63, 3.8) is 0 Å². The molecule has 2 aromatic heterocycles. The number of rotatable bonds is 4. The molecule has 0 spiro atoms. The van der Waals surface area contributed by atoms with Gasteiger partial charge in [0.25, 0.3) is 0 Å². The molecule has 39 heavy (non-hydrogen) atoms. The van der Waals surface area contributed by atoms with Crippen molar-refractivity contribution in [2.45, 2.75) is 76.8 Å². The van der Waals surface area contributed by atoms with E-state index in [4.69, 9.17) is 5.73 Å². The molecular formula is C31H36N8. The summed E-state index contributed by atoms with van der Waals surface area (Å²) in [5, 5.41) is 21.0. The Morgan fingerprint density at radius 1 is 0.821 bits per heavy atom. The lowest BCUT2D eigenvalue weighted by atomic mass is 9.89. The molecule has 1 fully saturated rings. The zero-order valence-corrected chi connectivity index (χ0v) is 22.4. The average Bonchev–Trinajstić information content (AvgIpc) is 3.56. The van der Waals surface area contributed by atoms with Crippen molar-refractivity contribution in [3.8, 4) is 17.1 Å². The van der Waals surface area contributed by atoms with E-state index in [1.165, 1.54) is 66.3 Å². The van der Waals surface area contributed by atoms with Gasteiger partial charge in [0.2, 0.25) is 11.9 Å². The van der Waals surface area contributed by atoms with Gasteiger partial charge in [-0.25, -0.2) is 0 Å². The van der Waals surface area contributed by atoms with Crippen LogP contribution in [0.2, 0.25) is 0 Å². The van der Waals surface area contributed by atoms with Crippen LogP contribution in [0.4, 0.5) is 17.6 Å². The van der Waals surface area contributed by atoms with Gasteiger partial charge in [-0.15, -0.1) is 15.3 Å². The van der Waals surface area contributed by atoms with Gasteiger partial charge in [-0.3, -0.25) is 0 Å².